The summed E-state index contributed by atoms with van der Waals surface area (Å²) in [5.74, 6) is -0.00268. The van der Waals surface area contributed by atoms with Crippen molar-refractivity contribution < 1.29 is 4.79 Å². The standard InChI is InChI=1S/C13H15N3OS/c1-10-12(11(17)6-9-15(2)3)18-13(14-10)16-7-4-5-8-16/h4-9H,1-3H3/b9-6-. The van der Waals surface area contributed by atoms with Crippen molar-refractivity contribution in [3.8, 4) is 5.13 Å². The van der Waals surface area contributed by atoms with Crippen molar-refractivity contribution in [1.82, 2.24) is 14.5 Å². The minimum atomic E-state index is -0.00268. The maximum atomic E-state index is 12.0. The lowest BCUT2D eigenvalue weighted by atomic mass is 10.3. The molecule has 0 spiro atoms. The van der Waals surface area contributed by atoms with Gasteiger partial charge < -0.3 is 9.47 Å². The fourth-order valence-electron chi connectivity index (χ4n) is 1.48. The van der Waals surface area contributed by atoms with Crippen molar-refractivity contribution in [2.75, 3.05) is 14.1 Å². The predicted octanol–water partition coefficient (Wildman–Crippen LogP) is 2.50. The van der Waals surface area contributed by atoms with Gasteiger partial charge in [0.25, 0.3) is 0 Å². The molecule has 0 bridgehead atoms. The maximum absolute atomic E-state index is 12.0. The van der Waals surface area contributed by atoms with Crippen LogP contribution in [0.5, 0.6) is 0 Å². The maximum Gasteiger partial charge on any atom is 0.199 e. The van der Waals surface area contributed by atoms with Gasteiger partial charge in [0.2, 0.25) is 0 Å². The van der Waals surface area contributed by atoms with Crippen LogP contribution in [0.2, 0.25) is 0 Å². The molecule has 0 amide bonds. The largest absolute Gasteiger partial charge is 0.383 e. The Bertz CT molecular complexity index is 567. The first-order valence-electron chi connectivity index (χ1n) is 5.57. The molecule has 0 aliphatic rings. The third-order valence-corrected chi connectivity index (χ3v) is 3.54. The molecular formula is C13H15N3OS. The van der Waals surface area contributed by atoms with Gasteiger partial charge in [0.1, 0.15) is 0 Å². The van der Waals surface area contributed by atoms with Gasteiger partial charge in [-0.2, -0.15) is 0 Å². The van der Waals surface area contributed by atoms with E-state index in [0.29, 0.717) is 4.88 Å². The number of ketones is 1. The number of aryl methyl sites for hydroxylation is 1. The molecule has 2 heterocycles. The number of hydrogen-bond donors (Lipinski definition) is 0. The summed E-state index contributed by atoms with van der Waals surface area (Å²) < 4.78 is 1.91. The molecule has 0 radical (unpaired) electrons. The summed E-state index contributed by atoms with van der Waals surface area (Å²) in [6.45, 7) is 1.86. The summed E-state index contributed by atoms with van der Waals surface area (Å²) in [5.41, 5.74) is 0.775. The first-order chi connectivity index (χ1) is 8.58. The number of hydrogen-bond acceptors (Lipinski definition) is 4. The van der Waals surface area contributed by atoms with Crippen molar-refractivity contribution in [1.29, 1.82) is 0 Å². The molecule has 0 N–H and O–H groups in total. The molecular weight excluding hydrogens is 246 g/mol. The van der Waals surface area contributed by atoms with Crippen LogP contribution >= 0.6 is 11.3 Å². The van der Waals surface area contributed by atoms with E-state index in [-0.39, 0.29) is 5.78 Å². The molecule has 0 unspecified atom stereocenters. The Morgan fingerprint density at radius 3 is 2.67 bits per heavy atom. The zero-order valence-corrected chi connectivity index (χ0v) is 11.4. The van der Waals surface area contributed by atoms with Gasteiger partial charge in [0, 0.05) is 38.8 Å². The van der Waals surface area contributed by atoms with Gasteiger partial charge in [0.05, 0.1) is 10.6 Å². The second kappa shape index (κ2) is 5.18. The highest BCUT2D eigenvalue weighted by molar-refractivity contribution is 7.16. The Morgan fingerprint density at radius 1 is 1.39 bits per heavy atom. The van der Waals surface area contributed by atoms with E-state index in [4.69, 9.17) is 0 Å². The molecule has 18 heavy (non-hydrogen) atoms. The van der Waals surface area contributed by atoms with Crippen molar-refractivity contribution in [3.63, 3.8) is 0 Å². The van der Waals surface area contributed by atoms with Gasteiger partial charge in [-0.25, -0.2) is 4.98 Å². The number of nitrogens with zero attached hydrogens (tertiary/aromatic N) is 3. The minimum absolute atomic E-state index is 0.00268. The highest BCUT2D eigenvalue weighted by atomic mass is 32.1. The third kappa shape index (κ3) is 2.68. The van der Waals surface area contributed by atoms with E-state index in [1.165, 1.54) is 11.3 Å². The Morgan fingerprint density at radius 2 is 2.06 bits per heavy atom. The fraction of sp³-hybridized carbons (Fsp3) is 0.231. The van der Waals surface area contributed by atoms with Gasteiger partial charge in [0.15, 0.2) is 10.9 Å². The molecule has 0 aromatic carbocycles. The van der Waals surface area contributed by atoms with Crippen LogP contribution in [0.3, 0.4) is 0 Å². The van der Waals surface area contributed by atoms with Crippen LogP contribution in [0.1, 0.15) is 15.4 Å². The number of thiazole rings is 1. The highest BCUT2D eigenvalue weighted by Crippen LogP contribution is 2.22. The lowest BCUT2D eigenvalue weighted by molar-refractivity contribution is 0.104. The average molecular weight is 261 g/mol. The monoisotopic (exact) mass is 261 g/mol. The van der Waals surface area contributed by atoms with Crippen LogP contribution in [0.25, 0.3) is 5.13 Å². The van der Waals surface area contributed by atoms with Gasteiger partial charge in [-0.3, -0.25) is 4.79 Å². The van der Waals surface area contributed by atoms with Crippen molar-refractivity contribution in [2.24, 2.45) is 0 Å². The second-order valence-corrected chi connectivity index (χ2v) is 5.12. The summed E-state index contributed by atoms with van der Waals surface area (Å²) in [5, 5.41) is 0.819. The first-order valence-corrected chi connectivity index (χ1v) is 6.39. The Hall–Kier alpha value is -1.88. The molecule has 0 fully saturated rings. The van der Waals surface area contributed by atoms with Crippen molar-refractivity contribution >= 4 is 17.1 Å². The Kier molecular flexibility index (Phi) is 3.62. The number of carbonyl (C=O) groups is 1. The van der Waals surface area contributed by atoms with E-state index < -0.39 is 0 Å². The molecule has 94 valence electrons. The lowest BCUT2D eigenvalue weighted by Gasteiger charge is -2.01. The van der Waals surface area contributed by atoms with E-state index in [1.807, 2.05) is 55.0 Å². The number of carbonyl (C=O) groups excluding carboxylic acids is 1. The summed E-state index contributed by atoms with van der Waals surface area (Å²) >= 11 is 1.41. The second-order valence-electron chi connectivity index (χ2n) is 4.14. The van der Waals surface area contributed by atoms with Crippen LogP contribution in [-0.4, -0.2) is 34.3 Å². The smallest absolute Gasteiger partial charge is 0.199 e. The topological polar surface area (TPSA) is 38.1 Å². The Balaban J connectivity index is 2.27. The summed E-state index contributed by atoms with van der Waals surface area (Å²) in [4.78, 5) is 18.9. The zero-order valence-electron chi connectivity index (χ0n) is 10.6. The molecule has 2 rings (SSSR count). The number of rotatable bonds is 4. The zero-order chi connectivity index (χ0) is 13.1. The van der Waals surface area contributed by atoms with Crippen LogP contribution in [0.4, 0.5) is 0 Å². The molecule has 0 aliphatic heterocycles. The Labute approximate surface area is 110 Å². The molecule has 0 saturated carbocycles. The number of aromatic nitrogens is 2. The van der Waals surface area contributed by atoms with E-state index in [0.717, 1.165) is 10.8 Å². The fourth-order valence-corrected chi connectivity index (χ4v) is 2.43. The first kappa shape index (κ1) is 12.6. The van der Waals surface area contributed by atoms with E-state index in [9.17, 15) is 4.79 Å². The predicted molar refractivity (Wildman–Crippen MR) is 73.3 cm³/mol. The number of allylic oxidation sites excluding steroid dienone is 1. The minimum Gasteiger partial charge on any atom is -0.383 e. The molecule has 4 nitrogen and oxygen atoms in total. The SMILES string of the molecule is Cc1nc(-n2cccc2)sc1C(=O)/C=C\N(C)C. The quantitative estimate of drug-likeness (QED) is 0.627. The summed E-state index contributed by atoms with van der Waals surface area (Å²) in [6.07, 6.45) is 7.15. The van der Waals surface area contributed by atoms with E-state index in [2.05, 4.69) is 4.98 Å². The van der Waals surface area contributed by atoms with Gasteiger partial charge in [-0.1, -0.05) is 11.3 Å². The molecule has 2 aromatic rings. The normalized spacial score (nSPS) is 11.1. The molecule has 0 saturated heterocycles. The van der Waals surface area contributed by atoms with Crippen LogP contribution in [-0.2, 0) is 0 Å². The van der Waals surface area contributed by atoms with E-state index >= 15 is 0 Å². The summed E-state index contributed by atoms with van der Waals surface area (Å²) in [7, 11) is 3.77. The third-order valence-electron chi connectivity index (χ3n) is 2.36. The molecule has 2 aromatic heterocycles. The van der Waals surface area contributed by atoms with Crippen LogP contribution in [0, 0.1) is 6.92 Å². The van der Waals surface area contributed by atoms with Crippen LogP contribution < -0.4 is 0 Å². The lowest BCUT2D eigenvalue weighted by Crippen LogP contribution is -2.02. The van der Waals surface area contributed by atoms with E-state index in [1.54, 1.807) is 12.3 Å². The summed E-state index contributed by atoms with van der Waals surface area (Å²) in [6, 6.07) is 3.87. The van der Waals surface area contributed by atoms with Crippen molar-refractivity contribution in [3.05, 3.63) is 47.4 Å². The van der Waals surface area contributed by atoms with Gasteiger partial charge in [-0.15, -0.1) is 0 Å². The highest BCUT2D eigenvalue weighted by Gasteiger charge is 2.13. The van der Waals surface area contributed by atoms with Crippen molar-refractivity contribution in [2.45, 2.75) is 6.92 Å². The van der Waals surface area contributed by atoms with Crippen LogP contribution in [0.15, 0.2) is 36.8 Å². The molecule has 0 aliphatic carbocycles. The molecule has 5 heteroatoms. The average Bonchev–Trinajstić information content (AvgIpc) is 2.94. The molecule has 0 atom stereocenters. The van der Waals surface area contributed by atoms with Gasteiger partial charge in [-0.05, 0) is 19.1 Å². The van der Waals surface area contributed by atoms with Gasteiger partial charge >= 0.3 is 0 Å².